The van der Waals surface area contributed by atoms with Crippen molar-refractivity contribution in [3.05, 3.63) is 65.5 Å². The van der Waals surface area contributed by atoms with Crippen LogP contribution < -0.4 is 5.32 Å². The number of carbonyl (C=O) groups is 1. The molecule has 4 nitrogen and oxygen atoms in total. The first-order valence-corrected chi connectivity index (χ1v) is 8.49. The van der Waals surface area contributed by atoms with E-state index in [1.54, 1.807) is 12.4 Å². The van der Waals surface area contributed by atoms with Crippen molar-refractivity contribution in [1.82, 2.24) is 15.2 Å². The van der Waals surface area contributed by atoms with Crippen LogP contribution in [0, 0.1) is 11.6 Å². The molecule has 2 aromatic rings. The Hall–Kier alpha value is -2.34. The molecule has 1 aliphatic heterocycles. The maximum atomic E-state index is 13.2. The molecule has 132 valence electrons. The maximum absolute atomic E-state index is 13.2. The fourth-order valence-corrected chi connectivity index (χ4v) is 3.04. The maximum Gasteiger partial charge on any atom is 0.251 e. The number of nitrogens with one attached hydrogen (secondary N) is 1. The number of aromatic nitrogens is 1. The van der Waals surface area contributed by atoms with Crippen molar-refractivity contribution >= 4 is 5.91 Å². The number of nitrogens with zero attached hydrogens (tertiary/aromatic N) is 2. The van der Waals surface area contributed by atoms with Crippen LogP contribution in [0.5, 0.6) is 0 Å². The van der Waals surface area contributed by atoms with Gasteiger partial charge in [-0.3, -0.25) is 9.78 Å². The Morgan fingerprint density at radius 3 is 2.52 bits per heavy atom. The molecule has 0 saturated carbocycles. The predicted molar refractivity (Wildman–Crippen MR) is 91.2 cm³/mol. The summed E-state index contributed by atoms with van der Waals surface area (Å²) in [6.07, 6.45) is 6.29. The summed E-state index contributed by atoms with van der Waals surface area (Å²) in [6.45, 7) is 2.80. The SMILES string of the molecule is O=C(NC1CCN(CCc2ccncc2)CC1)c1ccc(F)c(F)c1. The summed E-state index contributed by atoms with van der Waals surface area (Å²) in [5.41, 5.74) is 1.42. The topological polar surface area (TPSA) is 45.2 Å². The van der Waals surface area contributed by atoms with Gasteiger partial charge in [0.2, 0.25) is 0 Å². The number of carbonyl (C=O) groups excluding carboxylic acids is 1. The van der Waals surface area contributed by atoms with Gasteiger partial charge in [0.25, 0.3) is 5.91 Å². The van der Waals surface area contributed by atoms with Gasteiger partial charge in [0.05, 0.1) is 0 Å². The highest BCUT2D eigenvalue weighted by Gasteiger charge is 2.21. The molecule has 0 aliphatic carbocycles. The van der Waals surface area contributed by atoms with Gasteiger partial charge >= 0.3 is 0 Å². The van der Waals surface area contributed by atoms with Crippen LogP contribution in [0.15, 0.2) is 42.7 Å². The van der Waals surface area contributed by atoms with Gasteiger partial charge in [0.15, 0.2) is 11.6 Å². The average molecular weight is 345 g/mol. The second-order valence-electron chi connectivity index (χ2n) is 6.32. The molecule has 0 bridgehead atoms. The Bertz CT molecular complexity index is 716. The van der Waals surface area contributed by atoms with Crippen LogP contribution in [0.25, 0.3) is 0 Å². The van der Waals surface area contributed by atoms with Crippen LogP contribution >= 0.6 is 0 Å². The van der Waals surface area contributed by atoms with Crippen molar-refractivity contribution in [1.29, 1.82) is 0 Å². The van der Waals surface area contributed by atoms with E-state index in [0.29, 0.717) is 0 Å². The summed E-state index contributed by atoms with van der Waals surface area (Å²) >= 11 is 0. The van der Waals surface area contributed by atoms with Crippen molar-refractivity contribution in [3.63, 3.8) is 0 Å². The summed E-state index contributed by atoms with van der Waals surface area (Å²) in [4.78, 5) is 18.5. The molecule has 25 heavy (non-hydrogen) atoms. The minimum atomic E-state index is -1.00. The molecule has 6 heteroatoms. The van der Waals surface area contributed by atoms with Crippen LogP contribution in [0.3, 0.4) is 0 Å². The number of likely N-dealkylation sites (tertiary alicyclic amines) is 1. The fourth-order valence-electron chi connectivity index (χ4n) is 3.04. The molecule has 1 N–H and O–H groups in total. The Morgan fingerprint density at radius 2 is 1.84 bits per heavy atom. The summed E-state index contributed by atoms with van der Waals surface area (Å²) in [5, 5.41) is 2.91. The first-order chi connectivity index (χ1) is 12.1. The number of halogens is 2. The number of piperidine rings is 1. The average Bonchev–Trinajstić information content (AvgIpc) is 2.64. The zero-order valence-electron chi connectivity index (χ0n) is 13.9. The van der Waals surface area contributed by atoms with E-state index >= 15 is 0 Å². The lowest BCUT2D eigenvalue weighted by Crippen LogP contribution is -2.45. The highest BCUT2D eigenvalue weighted by atomic mass is 19.2. The Morgan fingerprint density at radius 1 is 1.12 bits per heavy atom. The van der Waals surface area contributed by atoms with E-state index in [-0.39, 0.29) is 17.5 Å². The van der Waals surface area contributed by atoms with E-state index in [9.17, 15) is 13.6 Å². The number of pyridine rings is 1. The van der Waals surface area contributed by atoms with E-state index in [0.717, 1.165) is 51.0 Å². The van der Waals surface area contributed by atoms with E-state index in [1.807, 2.05) is 12.1 Å². The molecule has 0 radical (unpaired) electrons. The fraction of sp³-hybridized carbons (Fsp3) is 0.368. The normalized spacial score (nSPS) is 15.9. The van der Waals surface area contributed by atoms with Gasteiger partial charge in [-0.05, 0) is 55.2 Å². The lowest BCUT2D eigenvalue weighted by molar-refractivity contribution is 0.0911. The van der Waals surface area contributed by atoms with Gasteiger partial charge in [0.1, 0.15) is 0 Å². The lowest BCUT2D eigenvalue weighted by Gasteiger charge is -2.32. The number of hydrogen-bond acceptors (Lipinski definition) is 3. The van der Waals surface area contributed by atoms with Crippen molar-refractivity contribution < 1.29 is 13.6 Å². The second kappa shape index (κ2) is 8.16. The molecule has 1 aromatic heterocycles. The van der Waals surface area contributed by atoms with Crippen LogP contribution in [0.1, 0.15) is 28.8 Å². The molecule has 0 spiro atoms. The zero-order chi connectivity index (χ0) is 17.6. The van der Waals surface area contributed by atoms with Gasteiger partial charge in [0, 0.05) is 43.6 Å². The minimum absolute atomic E-state index is 0.0674. The van der Waals surface area contributed by atoms with Crippen molar-refractivity contribution in [3.8, 4) is 0 Å². The monoisotopic (exact) mass is 345 g/mol. The molecule has 1 aliphatic rings. The summed E-state index contributed by atoms with van der Waals surface area (Å²) in [5.74, 6) is -2.30. The van der Waals surface area contributed by atoms with Gasteiger partial charge in [-0.1, -0.05) is 0 Å². The minimum Gasteiger partial charge on any atom is -0.349 e. The van der Waals surface area contributed by atoms with Crippen molar-refractivity contribution in [2.45, 2.75) is 25.3 Å². The van der Waals surface area contributed by atoms with Crippen LogP contribution in [0.2, 0.25) is 0 Å². The molecule has 0 atom stereocenters. The molecule has 3 rings (SSSR count). The molecular weight excluding hydrogens is 324 g/mol. The predicted octanol–water partition coefficient (Wildman–Crippen LogP) is 2.80. The number of benzene rings is 1. The zero-order valence-corrected chi connectivity index (χ0v) is 13.9. The molecular formula is C19H21F2N3O. The van der Waals surface area contributed by atoms with Gasteiger partial charge in [-0.15, -0.1) is 0 Å². The molecule has 2 heterocycles. The van der Waals surface area contributed by atoms with Crippen LogP contribution in [0.4, 0.5) is 8.78 Å². The van der Waals surface area contributed by atoms with Crippen molar-refractivity contribution in [2.24, 2.45) is 0 Å². The second-order valence-corrected chi connectivity index (χ2v) is 6.32. The van der Waals surface area contributed by atoms with Gasteiger partial charge < -0.3 is 10.2 Å². The number of amides is 1. The number of hydrogen-bond donors (Lipinski definition) is 1. The highest BCUT2D eigenvalue weighted by Crippen LogP contribution is 2.13. The Balaban J connectivity index is 1.44. The van der Waals surface area contributed by atoms with E-state index < -0.39 is 11.6 Å². The summed E-state index contributed by atoms with van der Waals surface area (Å²) in [7, 11) is 0. The molecule has 0 unspecified atom stereocenters. The third-order valence-corrected chi connectivity index (χ3v) is 4.57. The van der Waals surface area contributed by atoms with Gasteiger partial charge in [-0.2, -0.15) is 0 Å². The number of rotatable bonds is 5. The summed E-state index contributed by atoms with van der Waals surface area (Å²) < 4.78 is 26.2. The Kier molecular flexibility index (Phi) is 5.71. The van der Waals surface area contributed by atoms with E-state index in [1.165, 1.54) is 11.6 Å². The van der Waals surface area contributed by atoms with Crippen molar-refractivity contribution in [2.75, 3.05) is 19.6 Å². The smallest absolute Gasteiger partial charge is 0.251 e. The Labute approximate surface area is 145 Å². The highest BCUT2D eigenvalue weighted by molar-refractivity contribution is 5.94. The molecule has 1 saturated heterocycles. The third kappa shape index (κ3) is 4.82. The summed E-state index contributed by atoms with van der Waals surface area (Å²) in [6, 6.07) is 7.33. The first-order valence-electron chi connectivity index (χ1n) is 8.49. The molecule has 1 fully saturated rings. The van der Waals surface area contributed by atoms with Crippen LogP contribution in [-0.2, 0) is 6.42 Å². The molecule has 1 aromatic carbocycles. The largest absolute Gasteiger partial charge is 0.349 e. The van der Waals surface area contributed by atoms with Gasteiger partial charge in [-0.25, -0.2) is 8.78 Å². The van der Waals surface area contributed by atoms with Crippen LogP contribution in [-0.4, -0.2) is 41.5 Å². The third-order valence-electron chi connectivity index (χ3n) is 4.57. The quantitative estimate of drug-likeness (QED) is 0.906. The van der Waals surface area contributed by atoms with E-state index in [2.05, 4.69) is 15.2 Å². The van der Waals surface area contributed by atoms with E-state index in [4.69, 9.17) is 0 Å². The standard InChI is InChI=1S/C19H21F2N3O/c20-17-2-1-15(13-18(17)21)19(25)23-16-6-11-24(12-7-16)10-5-14-3-8-22-9-4-14/h1-4,8-9,13,16H,5-7,10-12H2,(H,23,25). The first kappa shape index (κ1) is 17.5. The molecule has 1 amide bonds. The lowest BCUT2D eigenvalue weighted by atomic mass is 10.0.